The minimum absolute atomic E-state index is 0.0272. The van der Waals surface area contributed by atoms with Crippen molar-refractivity contribution in [3.05, 3.63) is 243 Å². The van der Waals surface area contributed by atoms with Crippen LogP contribution in [-0.2, 0) is 12.4 Å². The van der Waals surface area contributed by atoms with E-state index in [-0.39, 0.29) is 24.1 Å². The zero-order valence-corrected chi connectivity index (χ0v) is 50.3. The number of aromatic nitrogens is 3. The van der Waals surface area contributed by atoms with Crippen LogP contribution in [0.2, 0.25) is 0 Å². The quantitative estimate of drug-likeness (QED) is 0.0580. The number of aryl methyl sites for hydroxylation is 8. The standard InChI is InChI=1S/C16H16N2OS.C15H12N2OS.C9H9NS.C8H8N2S.C8H7NOS.C8H11N/c1-11-8-9-14(12(2)10-11)17-16(20)18-15(19)13-6-4-3-5-7-13;1-10-7-8-12-13(9-10)19-15(16-12)17-14(18)11-5-3-2-4-6-11;1-6-3-4-8-9(5-6)11-7(2)10-8;1-5-2-3-6-7(4-5)11-8(9)10-6;10-8(6-9-11)7-4-2-1-3-5-7;1-6-3-4-8(9)7(2)5-6/h3-10H,1-2H3,(H2,17,18,19,20);2-9H,1H3,(H,16,17,18);3-5H,1-2H3;2-4H,1H3,(H2,9,10);1-5H,6H2;3-5H,9H2,1-2H3. The van der Waals surface area contributed by atoms with Crippen LogP contribution in [0.25, 0.3) is 30.6 Å². The highest BCUT2D eigenvalue weighted by atomic mass is 32.1. The highest BCUT2D eigenvalue weighted by Gasteiger charge is 2.11. The third-order valence-electron chi connectivity index (χ3n) is 11.6. The highest BCUT2D eigenvalue weighted by Crippen LogP contribution is 2.28. The summed E-state index contributed by atoms with van der Waals surface area (Å²) in [5.74, 6) is -0.371. The molecule has 11 rings (SSSR count). The van der Waals surface area contributed by atoms with Crippen LogP contribution >= 0.6 is 46.2 Å². The van der Waals surface area contributed by atoms with Gasteiger partial charge in [0.05, 0.1) is 35.7 Å². The van der Waals surface area contributed by atoms with Crippen molar-refractivity contribution in [3.8, 4) is 0 Å². The number of carbonyl (C=O) groups excluding carboxylic acids is 3. The lowest BCUT2D eigenvalue weighted by atomic mass is 10.1. The van der Waals surface area contributed by atoms with Gasteiger partial charge in [-0.05, 0) is 168 Å². The molecule has 0 aliphatic rings. The third kappa shape index (κ3) is 20.0. The molecule has 0 radical (unpaired) electrons. The monoisotopic (exact) mass is 1170 g/mol. The Labute approximate surface area is 495 Å². The van der Waals surface area contributed by atoms with E-state index in [2.05, 4.69) is 111 Å². The van der Waals surface area contributed by atoms with E-state index < -0.39 is 0 Å². The van der Waals surface area contributed by atoms with E-state index in [4.69, 9.17) is 23.7 Å². The van der Waals surface area contributed by atoms with Crippen LogP contribution in [0.1, 0.15) is 75.0 Å². The first kappa shape index (κ1) is 61.8. The number of Topliss-reactive ketones (excluding diaryl/α,β-unsaturated/α-hetero) is 1. The van der Waals surface area contributed by atoms with Crippen molar-refractivity contribution in [2.75, 3.05) is 28.6 Å². The summed E-state index contributed by atoms with van der Waals surface area (Å²) < 4.78 is 6.90. The number of nitrogens with two attached hydrogens (primary N) is 2. The zero-order chi connectivity index (χ0) is 58.4. The fourth-order valence-corrected chi connectivity index (χ4v) is 10.5. The molecule has 0 atom stereocenters. The molecule has 81 heavy (non-hydrogen) atoms. The first-order chi connectivity index (χ1) is 38.8. The Balaban J connectivity index is 0.000000161. The zero-order valence-electron chi connectivity index (χ0n) is 46.2. The molecule has 3 heterocycles. The van der Waals surface area contributed by atoms with E-state index in [0.717, 1.165) is 48.8 Å². The Bertz CT molecular complexity index is 3820. The summed E-state index contributed by atoms with van der Waals surface area (Å²) in [5.41, 5.74) is 26.3. The second-order valence-electron chi connectivity index (χ2n) is 18.6. The maximum atomic E-state index is 12.0. The van der Waals surface area contributed by atoms with Crippen LogP contribution in [-0.4, -0.2) is 44.2 Å². The van der Waals surface area contributed by atoms with Crippen LogP contribution in [0, 0.1) is 55.4 Å². The Morgan fingerprint density at radius 3 is 1.44 bits per heavy atom. The normalized spacial score (nSPS) is 10.1. The first-order valence-corrected chi connectivity index (χ1v) is 28.7. The molecule has 11 aromatic rings. The van der Waals surface area contributed by atoms with Crippen molar-refractivity contribution < 1.29 is 14.4 Å². The van der Waals surface area contributed by atoms with E-state index in [9.17, 15) is 14.4 Å². The van der Waals surface area contributed by atoms with Crippen molar-refractivity contribution in [2.24, 2.45) is 4.36 Å². The Kier molecular flexibility index (Phi) is 23.5. The lowest BCUT2D eigenvalue weighted by molar-refractivity contribution is 0.0974. The molecule has 0 spiro atoms. The van der Waals surface area contributed by atoms with E-state index in [1.165, 1.54) is 59.9 Å². The van der Waals surface area contributed by atoms with Gasteiger partial charge < -0.3 is 16.8 Å². The summed E-state index contributed by atoms with van der Waals surface area (Å²) in [7, 11) is 0. The minimum Gasteiger partial charge on any atom is -0.399 e. The van der Waals surface area contributed by atoms with Gasteiger partial charge >= 0.3 is 0 Å². The second kappa shape index (κ2) is 30.8. The molecule has 0 saturated carbocycles. The molecule has 0 fully saturated rings. The third-order valence-corrected chi connectivity index (χ3v) is 14.7. The molecule has 3 aromatic heterocycles. The fourth-order valence-electron chi connectivity index (χ4n) is 7.51. The summed E-state index contributed by atoms with van der Waals surface area (Å²) in [6.45, 7) is 16.5. The van der Waals surface area contributed by atoms with Crippen LogP contribution in [0.5, 0.6) is 0 Å². The lowest BCUT2D eigenvalue weighted by Crippen LogP contribution is -2.34. The van der Waals surface area contributed by atoms with E-state index in [1.807, 2.05) is 138 Å². The Morgan fingerprint density at radius 1 is 0.481 bits per heavy atom. The van der Waals surface area contributed by atoms with Crippen LogP contribution in [0.3, 0.4) is 0 Å². The number of anilines is 4. The molecule has 12 nitrogen and oxygen atoms in total. The highest BCUT2D eigenvalue weighted by molar-refractivity contribution is 7.80. The number of rotatable bonds is 7. The predicted molar refractivity (Wildman–Crippen MR) is 348 cm³/mol. The van der Waals surface area contributed by atoms with Crippen molar-refractivity contribution in [3.63, 3.8) is 0 Å². The molecule has 7 N–H and O–H groups in total. The number of thiocarbonyl (C=S) groups is 1. The number of hydrogen-bond donors (Lipinski definition) is 5. The topological polar surface area (TPSA) is 190 Å². The van der Waals surface area contributed by atoms with Gasteiger partial charge in [0.2, 0.25) is 0 Å². The van der Waals surface area contributed by atoms with Gasteiger partial charge in [0.15, 0.2) is 21.2 Å². The largest absolute Gasteiger partial charge is 0.399 e. The molecule has 0 saturated heterocycles. The SMILES string of the molecule is Cc1ccc(N)c(C)c1.Cc1ccc(NC(=S)NC(=O)c2ccccc2)c(C)c1.Cc1ccc2nc(C)sc2c1.Cc1ccc2nc(N)sc2c1.Cc1ccc2nc(NC(=O)c3ccccc3)sc2c1.O=C(CN=S)c1ccccc1. The maximum absolute atomic E-state index is 12.0. The van der Waals surface area contributed by atoms with Gasteiger partial charge in [-0.2, -0.15) is 0 Å². The summed E-state index contributed by atoms with van der Waals surface area (Å²) in [6.07, 6.45) is 0. The van der Waals surface area contributed by atoms with Crippen LogP contribution in [0.15, 0.2) is 186 Å². The molecule has 412 valence electrons. The maximum Gasteiger partial charge on any atom is 0.257 e. The van der Waals surface area contributed by atoms with Gasteiger partial charge in [0.25, 0.3) is 11.8 Å². The molecular formula is C64H63N9O3S5. The first-order valence-electron chi connectivity index (χ1n) is 25.5. The number of fused-ring (bicyclic) bond motifs is 3. The number of benzene rings is 8. The number of nitrogens with one attached hydrogen (secondary N) is 3. The smallest absolute Gasteiger partial charge is 0.257 e. The minimum atomic E-state index is -0.215. The second-order valence-corrected chi connectivity index (χ2v) is 22.6. The number of ketones is 1. The van der Waals surface area contributed by atoms with E-state index in [0.29, 0.717) is 32.1 Å². The van der Waals surface area contributed by atoms with Gasteiger partial charge in [0, 0.05) is 40.5 Å². The fraction of sp³-hybridized carbons (Fsp3) is 0.141. The van der Waals surface area contributed by atoms with Crippen molar-refractivity contribution in [2.45, 2.75) is 55.4 Å². The number of nitrogens with zero attached hydrogens (tertiary/aromatic N) is 4. The summed E-state index contributed by atoms with van der Waals surface area (Å²) in [4.78, 5) is 48.0. The molecule has 0 bridgehead atoms. The number of carbonyl (C=O) groups is 3. The molecular weight excluding hydrogens is 1100 g/mol. The van der Waals surface area contributed by atoms with Gasteiger partial charge in [0.1, 0.15) is 6.54 Å². The van der Waals surface area contributed by atoms with Crippen molar-refractivity contribution in [1.29, 1.82) is 0 Å². The molecule has 17 heteroatoms. The molecule has 0 aliphatic carbocycles. The average Bonchev–Trinajstić information content (AvgIpc) is 4.23. The summed E-state index contributed by atoms with van der Waals surface area (Å²) >= 11 is 14.3. The van der Waals surface area contributed by atoms with E-state index >= 15 is 0 Å². The Morgan fingerprint density at radius 2 is 0.926 bits per heavy atom. The van der Waals surface area contributed by atoms with Gasteiger partial charge in [-0.15, -0.1) is 11.3 Å². The molecule has 2 amide bonds. The van der Waals surface area contributed by atoms with Gasteiger partial charge in [-0.1, -0.05) is 143 Å². The number of hydrogen-bond acceptors (Lipinski definition) is 14. The molecule has 0 aliphatic heterocycles. The van der Waals surface area contributed by atoms with Gasteiger partial charge in [-0.3, -0.25) is 25.0 Å². The van der Waals surface area contributed by atoms with Crippen LogP contribution < -0.4 is 27.4 Å². The lowest BCUT2D eigenvalue weighted by Gasteiger charge is -2.12. The van der Waals surface area contributed by atoms with E-state index in [1.54, 1.807) is 47.7 Å². The van der Waals surface area contributed by atoms with Crippen molar-refractivity contribution >= 4 is 134 Å². The number of amides is 2. The average molecular weight is 1170 g/mol. The predicted octanol–water partition coefficient (Wildman–Crippen LogP) is 15.9. The number of nitrogen functional groups attached to an aromatic ring is 2. The van der Waals surface area contributed by atoms with Crippen LogP contribution in [0.4, 0.5) is 21.6 Å². The Hall–Kier alpha value is -8.45. The molecule has 8 aromatic carbocycles. The van der Waals surface area contributed by atoms with Crippen molar-refractivity contribution in [1.82, 2.24) is 20.3 Å². The number of thiazole rings is 3. The van der Waals surface area contributed by atoms with Gasteiger partial charge in [-0.25, -0.2) is 19.3 Å². The summed E-state index contributed by atoms with van der Waals surface area (Å²) in [5, 5.41) is 11.3. The molecule has 0 unspecified atom stereocenters. The summed E-state index contributed by atoms with van der Waals surface area (Å²) in [6, 6.07) is 57.7.